The molecule has 228 valence electrons. The average Bonchev–Trinajstić information content (AvgIpc) is 3.38. The summed E-state index contributed by atoms with van der Waals surface area (Å²) in [7, 11) is 0. The Bertz CT molecular complexity index is 1940. The fourth-order valence-electron chi connectivity index (χ4n) is 5.20. The molecule has 2 amide bonds. The predicted molar refractivity (Wildman–Crippen MR) is 171 cm³/mol. The molecule has 1 aromatic heterocycles. The number of rotatable bonds is 7. The van der Waals surface area contributed by atoms with Gasteiger partial charge in [0.1, 0.15) is 17.3 Å². The smallest absolute Gasteiger partial charge is 0.258 e. The first kappa shape index (κ1) is 30.2. The molecule has 6 rings (SSSR count). The van der Waals surface area contributed by atoms with Gasteiger partial charge in [0.2, 0.25) is 5.91 Å². The second-order valence-electron chi connectivity index (χ2n) is 10.5. The van der Waals surface area contributed by atoms with Crippen molar-refractivity contribution in [1.29, 1.82) is 0 Å². The molecule has 0 fully saturated rings. The normalized spacial score (nSPS) is 12.7. The number of hydrogen-bond acceptors (Lipinski definition) is 5. The lowest BCUT2D eigenvalue weighted by Gasteiger charge is -2.23. The van der Waals surface area contributed by atoms with Crippen LogP contribution in [-0.2, 0) is 6.54 Å². The highest BCUT2D eigenvalue weighted by Gasteiger charge is 2.26. The summed E-state index contributed by atoms with van der Waals surface area (Å²) in [5, 5.41) is 4.93. The number of benzene rings is 4. The number of nitrogens with zero attached hydrogens (tertiary/aromatic N) is 3. The van der Waals surface area contributed by atoms with Gasteiger partial charge in [0.25, 0.3) is 5.91 Å². The monoisotopic (exact) mass is 644 g/mol. The van der Waals surface area contributed by atoms with E-state index in [2.05, 4.69) is 5.10 Å². The summed E-state index contributed by atoms with van der Waals surface area (Å²) in [4.78, 5) is 27.3. The fraction of sp³-hybridized carbons (Fsp3) is 0.147. The van der Waals surface area contributed by atoms with Crippen LogP contribution in [0.15, 0.2) is 85.2 Å². The largest absolute Gasteiger partial charge is 0.491 e. The van der Waals surface area contributed by atoms with Crippen LogP contribution in [0, 0.1) is 12.7 Å². The number of anilines is 1. The molecule has 1 aliphatic rings. The highest BCUT2D eigenvalue weighted by atomic mass is 35.5. The summed E-state index contributed by atoms with van der Waals surface area (Å²) in [6.07, 6.45) is 3.96. The van der Waals surface area contributed by atoms with Crippen LogP contribution in [-0.4, -0.2) is 34.7 Å². The van der Waals surface area contributed by atoms with Crippen LogP contribution in [0.2, 0.25) is 10.0 Å². The lowest BCUT2D eigenvalue weighted by atomic mass is 10.1. The van der Waals surface area contributed by atoms with Gasteiger partial charge in [-0.15, -0.1) is 0 Å². The molecule has 45 heavy (non-hydrogen) atoms. The average molecular weight is 646 g/mol. The van der Waals surface area contributed by atoms with Gasteiger partial charge < -0.3 is 20.1 Å². The highest BCUT2D eigenvalue weighted by molar-refractivity contribution is 6.34. The molecule has 0 spiro atoms. The van der Waals surface area contributed by atoms with E-state index in [1.807, 2.05) is 37.3 Å². The van der Waals surface area contributed by atoms with Gasteiger partial charge in [-0.3, -0.25) is 14.3 Å². The van der Waals surface area contributed by atoms with Crippen molar-refractivity contribution in [2.45, 2.75) is 19.9 Å². The second-order valence-corrected chi connectivity index (χ2v) is 11.3. The number of carbonyl (C=O) groups is 2. The lowest BCUT2D eigenvalue weighted by molar-refractivity contribution is 0.0983. The molecule has 2 N–H and O–H groups in total. The molecule has 0 bridgehead atoms. The van der Waals surface area contributed by atoms with Gasteiger partial charge in [-0.05, 0) is 61.9 Å². The summed E-state index contributed by atoms with van der Waals surface area (Å²) >= 11 is 12.6. The fourth-order valence-corrected chi connectivity index (χ4v) is 5.67. The van der Waals surface area contributed by atoms with Crippen LogP contribution in [0.1, 0.15) is 38.3 Å². The maximum Gasteiger partial charge on any atom is 0.258 e. The number of ether oxygens (including phenoxy) is 2. The van der Waals surface area contributed by atoms with Crippen molar-refractivity contribution in [1.82, 2.24) is 9.78 Å². The van der Waals surface area contributed by atoms with Crippen molar-refractivity contribution in [3.63, 3.8) is 0 Å². The Kier molecular flexibility index (Phi) is 8.47. The number of amides is 2. The van der Waals surface area contributed by atoms with Gasteiger partial charge in [-0.2, -0.15) is 5.10 Å². The number of aromatic nitrogens is 2. The Balaban J connectivity index is 1.29. The Morgan fingerprint density at radius 3 is 2.69 bits per heavy atom. The Morgan fingerprint density at radius 1 is 1.07 bits per heavy atom. The van der Waals surface area contributed by atoms with Crippen LogP contribution in [0.5, 0.6) is 17.2 Å². The summed E-state index contributed by atoms with van der Waals surface area (Å²) in [6.45, 7) is 2.69. The lowest BCUT2D eigenvalue weighted by Crippen LogP contribution is -2.31. The zero-order chi connectivity index (χ0) is 31.7. The maximum absolute atomic E-state index is 14.7. The third-order valence-electron chi connectivity index (χ3n) is 7.55. The van der Waals surface area contributed by atoms with Gasteiger partial charge >= 0.3 is 0 Å². The van der Waals surface area contributed by atoms with Gasteiger partial charge in [0.05, 0.1) is 35.6 Å². The number of fused-ring (bicyclic) bond motifs is 1. The molecule has 2 heterocycles. The van der Waals surface area contributed by atoms with Crippen molar-refractivity contribution in [3.05, 3.63) is 123 Å². The van der Waals surface area contributed by atoms with Crippen LogP contribution >= 0.6 is 23.2 Å². The van der Waals surface area contributed by atoms with E-state index in [4.69, 9.17) is 38.4 Å². The summed E-state index contributed by atoms with van der Waals surface area (Å²) in [5.74, 6) is 0.117. The van der Waals surface area contributed by atoms with Crippen LogP contribution in [0.3, 0.4) is 0 Å². The SMILES string of the molecule is Cc1c(Cl)cccc1Oc1cccc(C(=O)N2CCCOc3c(-c4cnn(Cc5c(F)ccc(C(N)=O)c5Cl)c4)cccc32)c1. The molecule has 1 aliphatic heterocycles. The minimum Gasteiger partial charge on any atom is -0.491 e. The quantitative estimate of drug-likeness (QED) is 0.196. The minimum absolute atomic E-state index is 0.0284. The molecule has 0 saturated carbocycles. The summed E-state index contributed by atoms with van der Waals surface area (Å²) in [6, 6.07) is 20.4. The molecule has 0 aliphatic carbocycles. The van der Waals surface area contributed by atoms with Gasteiger partial charge in [-0.25, -0.2) is 4.39 Å². The summed E-state index contributed by atoms with van der Waals surface area (Å²) in [5.41, 5.74) is 8.78. The van der Waals surface area contributed by atoms with E-state index in [-0.39, 0.29) is 28.6 Å². The van der Waals surface area contributed by atoms with Gasteiger partial charge in [0, 0.05) is 45.6 Å². The van der Waals surface area contributed by atoms with E-state index in [0.717, 1.165) is 11.6 Å². The molecule has 8 nitrogen and oxygen atoms in total. The van der Waals surface area contributed by atoms with Crippen molar-refractivity contribution < 1.29 is 23.5 Å². The van der Waals surface area contributed by atoms with Crippen LogP contribution in [0.25, 0.3) is 11.1 Å². The van der Waals surface area contributed by atoms with E-state index >= 15 is 0 Å². The molecular formula is C34H27Cl2FN4O4. The van der Waals surface area contributed by atoms with E-state index in [0.29, 0.717) is 64.2 Å². The second kappa shape index (κ2) is 12.6. The predicted octanol–water partition coefficient (Wildman–Crippen LogP) is 7.67. The molecule has 0 unspecified atom stereocenters. The number of hydrogen-bond donors (Lipinski definition) is 1. The van der Waals surface area contributed by atoms with Crippen molar-refractivity contribution in [3.8, 4) is 28.4 Å². The molecular weight excluding hydrogens is 618 g/mol. The highest BCUT2D eigenvalue weighted by Crippen LogP contribution is 2.41. The maximum atomic E-state index is 14.7. The van der Waals surface area contributed by atoms with E-state index in [9.17, 15) is 14.0 Å². The van der Waals surface area contributed by atoms with E-state index in [1.54, 1.807) is 47.6 Å². The van der Waals surface area contributed by atoms with Crippen LogP contribution < -0.4 is 20.1 Å². The standard InChI is InChI=1S/C34H27Cl2FN4O4/c1-20-27(35)9-4-11-30(20)45-23-7-2-6-21(16-23)34(43)41-14-5-15-44-32-24(8-3-10-29(32)41)22-17-39-40(18-22)19-26-28(37)13-12-25(31(26)36)33(38)42/h2-4,6-13,16-18H,5,14-15,19H2,1H3,(H2,38,42). The van der Waals surface area contributed by atoms with Gasteiger partial charge in [0.15, 0.2) is 5.75 Å². The summed E-state index contributed by atoms with van der Waals surface area (Å²) < 4.78 is 28.4. The molecule has 0 saturated heterocycles. The number of carbonyl (C=O) groups excluding carboxylic acids is 2. The molecule has 4 aromatic carbocycles. The van der Waals surface area contributed by atoms with E-state index in [1.165, 1.54) is 10.7 Å². The van der Waals surface area contributed by atoms with Crippen molar-refractivity contribution in [2.24, 2.45) is 5.73 Å². The number of para-hydroxylation sites is 1. The first-order valence-electron chi connectivity index (χ1n) is 14.1. The number of nitrogens with two attached hydrogens (primary N) is 1. The Morgan fingerprint density at radius 2 is 1.87 bits per heavy atom. The Labute approximate surface area is 268 Å². The number of primary amides is 1. The third kappa shape index (κ3) is 6.09. The Hall–Kier alpha value is -4.86. The third-order valence-corrected chi connectivity index (χ3v) is 8.39. The zero-order valence-electron chi connectivity index (χ0n) is 24.1. The molecule has 11 heteroatoms. The van der Waals surface area contributed by atoms with Crippen LogP contribution in [0.4, 0.5) is 10.1 Å². The van der Waals surface area contributed by atoms with E-state index < -0.39 is 11.7 Å². The molecule has 5 aromatic rings. The zero-order valence-corrected chi connectivity index (χ0v) is 25.6. The van der Waals surface area contributed by atoms with Crippen molar-refractivity contribution >= 4 is 40.7 Å². The first-order chi connectivity index (χ1) is 21.7. The topological polar surface area (TPSA) is 99.7 Å². The minimum atomic E-state index is -0.749. The number of halogens is 3. The molecule has 0 atom stereocenters. The van der Waals surface area contributed by atoms with Crippen molar-refractivity contribution in [2.75, 3.05) is 18.1 Å². The first-order valence-corrected chi connectivity index (χ1v) is 14.9. The molecule has 0 radical (unpaired) electrons. The van der Waals surface area contributed by atoms with Gasteiger partial charge in [-0.1, -0.05) is 47.5 Å².